The number of hydrogen-bond acceptors (Lipinski definition) is 4. The van der Waals surface area contributed by atoms with Crippen molar-refractivity contribution in [3.63, 3.8) is 0 Å². The van der Waals surface area contributed by atoms with Gasteiger partial charge in [-0.05, 0) is 12.1 Å². The molecule has 0 fully saturated rings. The summed E-state index contributed by atoms with van der Waals surface area (Å²) in [5.74, 6) is -1.84. The number of H-pyrrole nitrogens is 1. The zero-order chi connectivity index (χ0) is 17.2. The van der Waals surface area contributed by atoms with Gasteiger partial charge in [-0.1, -0.05) is 12.1 Å². The molecule has 124 valence electrons. The molecule has 0 aliphatic heterocycles. The van der Waals surface area contributed by atoms with E-state index in [4.69, 9.17) is 0 Å². The zero-order valence-corrected chi connectivity index (χ0v) is 12.1. The molecule has 3 rings (SSSR count). The number of imidazole rings is 2. The Morgan fingerprint density at radius 1 is 1.38 bits per heavy atom. The molecule has 0 saturated heterocycles. The first kappa shape index (κ1) is 15.7. The standard InChI is InChI=1S/C14H11F3N6O/c15-14(16,17)13-21-10-3-1-2-4-11(10)23(13)7-12(24)22-20-6-9-5-18-8-19-9/h1-6,8H,7H2,(H,18,19)(H,22,24)/b20-6+. The number of hydrazone groups is 1. The Kier molecular flexibility index (Phi) is 4.02. The molecule has 2 aromatic heterocycles. The van der Waals surface area contributed by atoms with E-state index in [0.29, 0.717) is 5.69 Å². The summed E-state index contributed by atoms with van der Waals surface area (Å²) in [5.41, 5.74) is 3.10. The molecule has 24 heavy (non-hydrogen) atoms. The molecular formula is C14H11F3N6O. The third kappa shape index (κ3) is 3.26. The van der Waals surface area contributed by atoms with Crippen LogP contribution in [-0.4, -0.2) is 31.6 Å². The third-order valence-corrected chi connectivity index (χ3v) is 3.12. The smallest absolute Gasteiger partial charge is 0.344 e. The number of nitrogens with zero attached hydrogens (tertiary/aromatic N) is 4. The van der Waals surface area contributed by atoms with Crippen molar-refractivity contribution in [2.45, 2.75) is 12.7 Å². The van der Waals surface area contributed by atoms with Gasteiger partial charge in [0, 0.05) is 0 Å². The number of aromatic nitrogens is 4. The van der Waals surface area contributed by atoms with Crippen LogP contribution in [0.15, 0.2) is 41.9 Å². The van der Waals surface area contributed by atoms with Crippen LogP contribution < -0.4 is 5.43 Å². The summed E-state index contributed by atoms with van der Waals surface area (Å²) in [6, 6.07) is 6.08. The first-order valence-electron chi connectivity index (χ1n) is 6.78. The first-order chi connectivity index (χ1) is 11.4. The van der Waals surface area contributed by atoms with E-state index in [1.807, 2.05) is 0 Å². The van der Waals surface area contributed by atoms with Crippen LogP contribution in [0.5, 0.6) is 0 Å². The van der Waals surface area contributed by atoms with Gasteiger partial charge in [0.25, 0.3) is 5.91 Å². The average molecular weight is 336 g/mol. The number of alkyl halides is 3. The van der Waals surface area contributed by atoms with Crippen molar-refractivity contribution in [3.05, 3.63) is 48.3 Å². The number of nitrogens with one attached hydrogen (secondary N) is 2. The monoisotopic (exact) mass is 336 g/mol. The Bertz CT molecular complexity index is 882. The average Bonchev–Trinajstić information content (AvgIpc) is 3.15. The zero-order valence-electron chi connectivity index (χ0n) is 12.1. The van der Waals surface area contributed by atoms with Gasteiger partial charge in [-0.25, -0.2) is 15.4 Å². The molecular weight excluding hydrogens is 325 g/mol. The molecule has 1 amide bonds. The fourth-order valence-corrected chi connectivity index (χ4v) is 2.14. The second kappa shape index (κ2) is 6.14. The number of carbonyl (C=O) groups is 1. The lowest BCUT2D eigenvalue weighted by atomic mass is 10.3. The Balaban J connectivity index is 1.82. The minimum atomic E-state index is -4.67. The van der Waals surface area contributed by atoms with Gasteiger partial charge in [0.05, 0.1) is 35.5 Å². The lowest BCUT2D eigenvalue weighted by Crippen LogP contribution is -2.26. The van der Waals surface area contributed by atoms with Gasteiger partial charge in [0.2, 0.25) is 5.82 Å². The van der Waals surface area contributed by atoms with Gasteiger partial charge < -0.3 is 9.55 Å². The molecule has 0 aliphatic carbocycles. The number of amides is 1. The molecule has 3 aromatic rings. The van der Waals surface area contributed by atoms with E-state index in [2.05, 4.69) is 25.5 Å². The van der Waals surface area contributed by atoms with E-state index in [9.17, 15) is 18.0 Å². The van der Waals surface area contributed by atoms with E-state index in [1.165, 1.54) is 30.9 Å². The van der Waals surface area contributed by atoms with Gasteiger partial charge in [-0.3, -0.25) is 4.79 Å². The van der Waals surface area contributed by atoms with Crippen molar-refractivity contribution >= 4 is 23.2 Å². The Morgan fingerprint density at radius 3 is 2.88 bits per heavy atom. The van der Waals surface area contributed by atoms with Crippen molar-refractivity contribution in [1.29, 1.82) is 0 Å². The summed E-state index contributed by atoms with van der Waals surface area (Å²) in [6.07, 6.45) is -0.475. The van der Waals surface area contributed by atoms with Crippen molar-refractivity contribution in [2.75, 3.05) is 0 Å². The largest absolute Gasteiger partial charge is 0.449 e. The number of hydrogen-bond donors (Lipinski definition) is 2. The number of fused-ring (bicyclic) bond motifs is 1. The molecule has 2 heterocycles. The summed E-state index contributed by atoms with van der Waals surface area (Å²) < 4.78 is 40.2. The van der Waals surface area contributed by atoms with Gasteiger partial charge in [-0.15, -0.1) is 0 Å². The highest BCUT2D eigenvalue weighted by Gasteiger charge is 2.37. The maximum Gasteiger partial charge on any atom is 0.449 e. The number of benzene rings is 1. The summed E-state index contributed by atoms with van der Waals surface area (Å²) >= 11 is 0. The van der Waals surface area contributed by atoms with Crippen LogP contribution in [0.3, 0.4) is 0 Å². The summed E-state index contributed by atoms with van der Waals surface area (Å²) in [7, 11) is 0. The fourth-order valence-electron chi connectivity index (χ4n) is 2.14. The van der Waals surface area contributed by atoms with Crippen molar-refractivity contribution in [3.8, 4) is 0 Å². The molecule has 0 atom stereocenters. The highest BCUT2D eigenvalue weighted by Crippen LogP contribution is 2.31. The second-order valence-corrected chi connectivity index (χ2v) is 4.81. The Hall–Kier alpha value is -3.17. The molecule has 0 spiro atoms. The lowest BCUT2D eigenvalue weighted by Gasteiger charge is -2.10. The molecule has 10 heteroatoms. The van der Waals surface area contributed by atoms with Crippen LogP contribution >= 0.6 is 0 Å². The highest BCUT2D eigenvalue weighted by atomic mass is 19.4. The summed E-state index contributed by atoms with van der Waals surface area (Å²) in [4.78, 5) is 21.9. The minimum absolute atomic E-state index is 0.165. The fraction of sp³-hybridized carbons (Fsp3) is 0.143. The SMILES string of the molecule is O=C(Cn1c(C(F)(F)F)nc2ccccc21)N/N=C/c1cnc[nH]1. The predicted molar refractivity (Wildman–Crippen MR) is 79.1 cm³/mol. The molecule has 2 N–H and O–H groups in total. The van der Waals surface area contributed by atoms with Crippen molar-refractivity contribution in [2.24, 2.45) is 5.10 Å². The number of aromatic amines is 1. The molecule has 0 radical (unpaired) electrons. The molecule has 0 bridgehead atoms. The van der Waals surface area contributed by atoms with Gasteiger partial charge in [0.1, 0.15) is 6.54 Å². The van der Waals surface area contributed by atoms with Gasteiger partial charge in [-0.2, -0.15) is 18.3 Å². The van der Waals surface area contributed by atoms with Crippen molar-refractivity contribution in [1.82, 2.24) is 24.9 Å². The quantitative estimate of drug-likeness (QED) is 0.564. The van der Waals surface area contributed by atoms with E-state index >= 15 is 0 Å². The molecule has 7 nitrogen and oxygen atoms in total. The van der Waals surface area contributed by atoms with Crippen LogP contribution in [0.1, 0.15) is 11.5 Å². The van der Waals surface area contributed by atoms with Crippen LogP contribution in [0.4, 0.5) is 13.2 Å². The molecule has 0 saturated carbocycles. The third-order valence-electron chi connectivity index (χ3n) is 3.12. The van der Waals surface area contributed by atoms with Crippen molar-refractivity contribution < 1.29 is 18.0 Å². The van der Waals surface area contributed by atoms with Crippen LogP contribution in [0.25, 0.3) is 11.0 Å². The first-order valence-corrected chi connectivity index (χ1v) is 6.78. The normalized spacial score (nSPS) is 12.1. The van der Waals surface area contributed by atoms with Crippen LogP contribution in [0.2, 0.25) is 0 Å². The highest BCUT2D eigenvalue weighted by molar-refractivity contribution is 5.83. The predicted octanol–water partition coefficient (Wildman–Crippen LogP) is 1.93. The lowest BCUT2D eigenvalue weighted by molar-refractivity contribution is -0.147. The molecule has 0 aliphatic rings. The maximum absolute atomic E-state index is 13.1. The number of carbonyl (C=O) groups excluding carboxylic acids is 1. The van der Waals surface area contributed by atoms with E-state index in [-0.39, 0.29) is 11.0 Å². The van der Waals surface area contributed by atoms with E-state index in [1.54, 1.807) is 12.1 Å². The number of halogens is 3. The molecule has 1 aromatic carbocycles. The van der Waals surface area contributed by atoms with Crippen LogP contribution in [0, 0.1) is 0 Å². The summed E-state index contributed by atoms with van der Waals surface area (Å²) in [6.45, 7) is -0.560. The summed E-state index contributed by atoms with van der Waals surface area (Å²) in [5, 5.41) is 3.66. The Labute approximate surface area is 133 Å². The number of para-hydroxylation sites is 2. The van der Waals surface area contributed by atoms with E-state index < -0.39 is 24.5 Å². The second-order valence-electron chi connectivity index (χ2n) is 4.81. The van der Waals surface area contributed by atoms with Gasteiger partial charge >= 0.3 is 6.18 Å². The Morgan fingerprint density at radius 2 is 2.17 bits per heavy atom. The maximum atomic E-state index is 13.1. The van der Waals surface area contributed by atoms with Crippen LogP contribution in [-0.2, 0) is 17.5 Å². The van der Waals surface area contributed by atoms with E-state index in [0.717, 1.165) is 4.57 Å². The number of rotatable bonds is 4. The molecule has 0 unspecified atom stereocenters. The minimum Gasteiger partial charge on any atom is -0.344 e. The van der Waals surface area contributed by atoms with Gasteiger partial charge in [0.15, 0.2) is 0 Å². The topological polar surface area (TPSA) is 88.0 Å².